The van der Waals surface area contributed by atoms with Gasteiger partial charge in [-0.25, -0.2) is 9.59 Å². The summed E-state index contributed by atoms with van der Waals surface area (Å²) in [7, 11) is 0.796. The molecule has 0 saturated heterocycles. The zero-order valence-electron chi connectivity index (χ0n) is 10.8. The first-order valence-electron chi connectivity index (χ1n) is 5.21. The summed E-state index contributed by atoms with van der Waals surface area (Å²) < 4.78 is 15.6. The molecule has 1 atom stereocenters. The summed E-state index contributed by atoms with van der Waals surface area (Å²) in [6.07, 6.45) is 0.975. The summed E-state index contributed by atoms with van der Waals surface area (Å²) in [5.74, 6) is -2.66. The zero-order valence-corrected chi connectivity index (χ0v) is 11.8. The van der Waals surface area contributed by atoms with Crippen molar-refractivity contribution in [3.63, 3.8) is 0 Å². The molecule has 0 aliphatic carbocycles. The topological polar surface area (TPSA) is 102 Å². The molecule has 104 valence electrons. The van der Waals surface area contributed by atoms with Crippen LogP contribution in [0.15, 0.2) is 11.6 Å². The molecule has 1 unspecified atom stereocenters. The van der Waals surface area contributed by atoms with Crippen LogP contribution in [-0.2, 0) is 22.9 Å². The van der Waals surface area contributed by atoms with E-state index >= 15 is 0 Å². The minimum absolute atomic E-state index is 0.290. The first kappa shape index (κ1) is 16.8. The van der Waals surface area contributed by atoms with Gasteiger partial charge in [-0.15, -0.1) is 0 Å². The summed E-state index contributed by atoms with van der Waals surface area (Å²) in [4.78, 5) is 21.8. The quantitative estimate of drug-likeness (QED) is 0.498. The Bertz CT molecular complexity index is 327. The van der Waals surface area contributed by atoms with E-state index < -0.39 is 26.3 Å². The summed E-state index contributed by atoms with van der Waals surface area (Å²) >= 11 is 0. The molecule has 7 nitrogen and oxygen atoms in total. The first-order chi connectivity index (χ1) is 8.38. The number of carboxylic acid groups (broad SMARTS) is 2. The van der Waals surface area contributed by atoms with Crippen LogP contribution in [0.2, 0.25) is 5.54 Å². The molecule has 0 aliphatic heterocycles. The van der Waals surface area contributed by atoms with Gasteiger partial charge in [0.05, 0.1) is 11.1 Å². The highest BCUT2D eigenvalue weighted by atomic mass is 28.4. The van der Waals surface area contributed by atoms with Gasteiger partial charge in [0.1, 0.15) is 0 Å². The monoisotopic (exact) mass is 278 g/mol. The lowest BCUT2D eigenvalue weighted by molar-refractivity contribution is -0.135. The van der Waals surface area contributed by atoms with Gasteiger partial charge in [0.25, 0.3) is 0 Å². The average Bonchev–Trinajstić information content (AvgIpc) is 2.33. The lowest BCUT2D eigenvalue weighted by atomic mass is 10.1. The SMILES string of the molecule is CCC(C(=CC(=O)O)C(=O)O)[Si](OC)(OC)OC. The number of hydrogen-bond acceptors (Lipinski definition) is 5. The zero-order chi connectivity index (χ0) is 14.3. The van der Waals surface area contributed by atoms with Crippen molar-refractivity contribution in [1.29, 1.82) is 0 Å². The second-order valence-corrected chi connectivity index (χ2v) is 6.55. The van der Waals surface area contributed by atoms with Crippen molar-refractivity contribution in [2.45, 2.75) is 18.9 Å². The molecule has 0 heterocycles. The fourth-order valence-electron chi connectivity index (χ4n) is 1.78. The van der Waals surface area contributed by atoms with Gasteiger partial charge in [-0.05, 0) is 6.42 Å². The molecular formula is C10H18O7Si. The van der Waals surface area contributed by atoms with Crippen LogP contribution in [0.5, 0.6) is 0 Å². The van der Waals surface area contributed by atoms with E-state index in [0.29, 0.717) is 12.5 Å². The molecule has 0 aliphatic rings. The third kappa shape index (κ3) is 3.64. The Morgan fingerprint density at radius 1 is 1.17 bits per heavy atom. The number of rotatable bonds is 8. The predicted molar refractivity (Wildman–Crippen MR) is 64.2 cm³/mol. The van der Waals surface area contributed by atoms with E-state index in [4.69, 9.17) is 23.5 Å². The molecule has 8 heteroatoms. The van der Waals surface area contributed by atoms with Crippen molar-refractivity contribution < 1.29 is 33.1 Å². The van der Waals surface area contributed by atoms with Gasteiger partial charge in [0.2, 0.25) is 0 Å². The third-order valence-corrected chi connectivity index (χ3v) is 5.87. The van der Waals surface area contributed by atoms with Crippen LogP contribution < -0.4 is 0 Å². The maximum absolute atomic E-state index is 11.2. The average molecular weight is 278 g/mol. The molecule has 0 aromatic rings. The highest BCUT2D eigenvalue weighted by Gasteiger charge is 2.50. The molecule has 0 spiro atoms. The van der Waals surface area contributed by atoms with Crippen molar-refractivity contribution in [3.8, 4) is 0 Å². The molecule has 0 aromatic carbocycles. The van der Waals surface area contributed by atoms with Crippen LogP contribution in [0.25, 0.3) is 0 Å². The highest BCUT2D eigenvalue weighted by Crippen LogP contribution is 2.34. The molecule has 0 aromatic heterocycles. The van der Waals surface area contributed by atoms with Crippen molar-refractivity contribution in [1.82, 2.24) is 0 Å². The van der Waals surface area contributed by atoms with E-state index in [1.54, 1.807) is 6.92 Å². The molecule has 0 rings (SSSR count). The minimum Gasteiger partial charge on any atom is -0.478 e. The minimum atomic E-state index is -3.25. The number of carboxylic acids is 2. The van der Waals surface area contributed by atoms with Crippen LogP contribution in [0.3, 0.4) is 0 Å². The second-order valence-electron chi connectivity index (χ2n) is 3.42. The summed E-state index contributed by atoms with van der Waals surface area (Å²) in [6, 6.07) is 0. The van der Waals surface area contributed by atoms with Crippen molar-refractivity contribution >= 4 is 20.7 Å². The Balaban J connectivity index is 5.63. The second kappa shape index (κ2) is 7.26. The molecule has 18 heavy (non-hydrogen) atoms. The smallest absolute Gasteiger partial charge is 0.478 e. The molecular weight excluding hydrogens is 260 g/mol. The fourth-order valence-corrected chi connectivity index (χ4v) is 4.22. The summed E-state index contributed by atoms with van der Waals surface area (Å²) in [5, 5.41) is 17.8. The van der Waals surface area contributed by atoms with Gasteiger partial charge in [0, 0.05) is 27.4 Å². The van der Waals surface area contributed by atoms with E-state index in [1.807, 2.05) is 0 Å². The number of hydrogen-bond donors (Lipinski definition) is 2. The molecule has 2 N–H and O–H groups in total. The molecule has 0 fully saturated rings. The van der Waals surface area contributed by atoms with Gasteiger partial charge in [-0.1, -0.05) is 6.92 Å². The van der Waals surface area contributed by atoms with Crippen LogP contribution in [-0.4, -0.2) is 52.3 Å². The largest absolute Gasteiger partial charge is 0.508 e. The molecule has 0 saturated carbocycles. The Hall–Kier alpha value is -1.22. The van der Waals surface area contributed by atoms with Crippen LogP contribution in [0.1, 0.15) is 13.3 Å². The number of aliphatic carboxylic acids is 2. The Labute approximate surface area is 106 Å². The maximum atomic E-state index is 11.2. The summed E-state index contributed by atoms with van der Waals surface area (Å²) in [6.45, 7) is 1.71. The van der Waals surface area contributed by atoms with Gasteiger partial charge in [0.15, 0.2) is 0 Å². The molecule has 0 bridgehead atoms. The maximum Gasteiger partial charge on any atom is 0.508 e. The standard InChI is InChI=1S/C10H18O7Si/c1-5-8(18(15-2,16-3)17-4)7(10(13)14)6-9(11)12/h6,8H,5H2,1-4H3,(H,11,12)(H,13,14). The Morgan fingerprint density at radius 3 is 1.83 bits per heavy atom. The Kier molecular flexibility index (Phi) is 6.77. The van der Waals surface area contributed by atoms with E-state index in [9.17, 15) is 9.59 Å². The fraction of sp³-hybridized carbons (Fsp3) is 0.600. The predicted octanol–water partition coefficient (Wildman–Crippen LogP) is 0.740. The van der Waals surface area contributed by atoms with Gasteiger partial charge in [-0.3, -0.25) is 0 Å². The van der Waals surface area contributed by atoms with E-state index in [1.165, 1.54) is 21.3 Å². The lowest BCUT2D eigenvalue weighted by Gasteiger charge is -2.32. The summed E-state index contributed by atoms with van der Waals surface area (Å²) in [5.41, 5.74) is -1.03. The van der Waals surface area contributed by atoms with Gasteiger partial charge in [-0.2, -0.15) is 0 Å². The van der Waals surface area contributed by atoms with Crippen LogP contribution in [0.4, 0.5) is 0 Å². The van der Waals surface area contributed by atoms with Crippen LogP contribution in [0, 0.1) is 0 Å². The lowest BCUT2D eigenvalue weighted by Crippen LogP contribution is -2.49. The molecule has 0 radical (unpaired) electrons. The molecule has 0 amide bonds. The van der Waals surface area contributed by atoms with Crippen molar-refractivity contribution in [3.05, 3.63) is 11.6 Å². The van der Waals surface area contributed by atoms with E-state index in [-0.39, 0.29) is 5.57 Å². The van der Waals surface area contributed by atoms with Gasteiger partial charge >= 0.3 is 20.7 Å². The normalized spacial score (nSPS) is 14.3. The van der Waals surface area contributed by atoms with Gasteiger partial charge < -0.3 is 23.5 Å². The third-order valence-electron chi connectivity index (χ3n) is 2.59. The van der Waals surface area contributed by atoms with E-state index in [0.717, 1.165) is 0 Å². The highest BCUT2D eigenvalue weighted by molar-refractivity contribution is 6.63. The Morgan fingerprint density at radius 2 is 1.61 bits per heavy atom. The van der Waals surface area contributed by atoms with Crippen molar-refractivity contribution in [2.75, 3.05) is 21.3 Å². The van der Waals surface area contributed by atoms with Crippen molar-refractivity contribution in [2.24, 2.45) is 0 Å². The van der Waals surface area contributed by atoms with Crippen LogP contribution >= 0.6 is 0 Å². The number of carbonyl (C=O) groups is 2. The first-order valence-corrected chi connectivity index (χ1v) is 7.01. The van der Waals surface area contributed by atoms with E-state index in [2.05, 4.69) is 0 Å².